The molecule has 0 aliphatic rings. The van der Waals surface area contributed by atoms with Crippen LogP contribution in [0, 0.1) is 0 Å². The van der Waals surface area contributed by atoms with E-state index < -0.39 is 0 Å². The first-order valence-electron chi connectivity index (χ1n) is 5.87. The Bertz CT molecular complexity index is 545. The monoisotopic (exact) mass is 243 g/mol. The fraction of sp³-hybridized carbons (Fsp3) is 0.214. The summed E-state index contributed by atoms with van der Waals surface area (Å²) in [5.74, 6) is -0.0717. The van der Waals surface area contributed by atoms with Gasteiger partial charge >= 0.3 is 0 Å². The number of hydrogen-bond acceptors (Lipinski definition) is 2. The molecule has 1 aromatic heterocycles. The van der Waals surface area contributed by atoms with Crippen LogP contribution in [0.2, 0.25) is 0 Å². The lowest BCUT2D eigenvalue weighted by Gasteiger charge is -2.08. The first-order valence-corrected chi connectivity index (χ1v) is 5.87. The molecule has 0 radical (unpaired) electrons. The molecule has 18 heavy (non-hydrogen) atoms. The summed E-state index contributed by atoms with van der Waals surface area (Å²) in [6, 6.07) is 11.6. The summed E-state index contributed by atoms with van der Waals surface area (Å²) in [6.45, 7) is 0.737. The number of nitrogens with zero attached hydrogens (tertiary/aromatic N) is 1. The molecular weight excluding hydrogens is 226 g/mol. The Labute approximate surface area is 107 Å². The van der Waals surface area contributed by atoms with E-state index >= 15 is 0 Å². The average molecular weight is 243 g/mol. The van der Waals surface area contributed by atoms with Crippen LogP contribution >= 0.6 is 0 Å². The Kier molecular flexibility index (Phi) is 3.67. The number of nitrogens with one attached hydrogen (secondary N) is 2. The molecule has 0 bridgehead atoms. The fourth-order valence-corrected chi connectivity index (χ4v) is 1.79. The summed E-state index contributed by atoms with van der Waals surface area (Å²) in [6.07, 6.45) is 2.01. The zero-order valence-electron chi connectivity index (χ0n) is 10.6. The highest BCUT2D eigenvalue weighted by Crippen LogP contribution is 2.12. The van der Waals surface area contributed by atoms with Crippen LogP contribution in [0.25, 0.3) is 0 Å². The predicted octanol–water partition coefficient (Wildman–Crippen LogP) is 2.00. The van der Waals surface area contributed by atoms with E-state index in [0.29, 0.717) is 5.56 Å². The van der Waals surface area contributed by atoms with Crippen molar-refractivity contribution in [2.75, 3.05) is 12.4 Å². The molecular formula is C14H17N3O. The van der Waals surface area contributed by atoms with Crippen LogP contribution in [-0.2, 0) is 13.6 Å². The molecule has 1 heterocycles. The van der Waals surface area contributed by atoms with Crippen LogP contribution < -0.4 is 10.6 Å². The Balaban J connectivity index is 2.06. The molecule has 0 aliphatic carbocycles. The molecule has 1 aromatic carbocycles. The molecule has 94 valence electrons. The molecule has 4 nitrogen and oxygen atoms in total. The van der Waals surface area contributed by atoms with Crippen LogP contribution in [0.15, 0.2) is 42.6 Å². The van der Waals surface area contributed by atoms with Gasteiger partial charge in [-0.25, -0.2) is 0 Å². The van der Waals surface area contributed by atoms with Gasteiger partial charge in [0.25, 0.3) is 5.91 Å². The Morgan fingerprint density at radius 2 is 2.11 bits per heavy atom. The average Bonchev–Trinajstić information content (AvgIpc) is 2.81. The van der Waals surface area contributed by atoms with Crippen molar-refractivity contribution in [3.8, 4) is 0 Å². The van der Waals surface area contributed by atoms with E-state index in [-0.39, 0.29) is 5.91 Å². The number of anilines is 1. The van der Waals surface area contributed by atoms with E-state index in [0.717, 1.165) is 12.2 Å². The highest BCUT2D eigenvalue weighted by atomic mass is 16.1. The fourth-order valence-electron chi connectivity index (χ4n) is 1.79. The van der Waals surface area contributed by atoms with E-state index in [2.05, 4.69) is 21.3 Å². The van der Waals surface area contributed by atoms with Crippen molar-refractivity contribution in [1.82, 2.24) is 9.88 Å². The number of amides is 1. The number of benzene rings is 1. The normalized spacial score (nSPS) is 10.1. The van der Waals surface area contributed by atoms with Crippen molar-refractivity contribution >= 4 is 11.6 Å². The molecule has 0 fully saturated rings. The minimum atomic E-state index is -0.0717. The van der Waals surface area contributed by atoms with Crippen LogP contribution in [0.5, 0.6) is 0 Å². The first kappa shape index (κ1) is 12.2. The molecule has 0 unspecified atom stereocenters. The lowest BCUT2D eigenvalue weighted by Crippen LogP contribution is -2.17. The second-order valence-electron chi connectivity index (χ2n) is 4.12. The van der Waals surface area contributed by atoms with Gasteiger partial charge in [-0.1, -0.05) is 6.07 Å². The topological polar surface area (TPSA) is 46.1 Å². The van der Waals surface area contributed by atoms with Crippen LogP contribution in [0.3, 0.4) is 0 Å². The maximum Gasteiger partial charge on any atom is 0.251 e. The molecule has 0 atom stereocenters. The smallest absolute Gasteiger partial charge is 0.251 e. The van der Waals surface area contributed by atoms with Crippen molar-refractivity contribution in [2.24, 2.45) is 7.05 Å². The standard InChI is InChI=1S/C14H17N3O/c1-15-14(18)11-5-3-6-12(9-11)16-10-13-7-4-8-17(13)2/h3-9,16H,10H2,1-2H3,(H,15,18). The number of carbonyl (C=O) groups is 1. The van der Waals surface area contributed by atoms with Crippen LogP contribution in [0.4, 0.5) is 5.69 Å². The lowest BCUT2D eigenvalue weighted by atomic mass is 10.2. The zero-order chi connectivity index (χ0) is 13.0. The van der Waals surface area contributed by atoms with Crippen molar-refractivity contribution in [3.05, 3.63) is 53.9 Å². The maximum atomic E-state index is 11.5. The van der Waals surface area contributed by atoms with Crippen LogP contribution in [-0.4, -0.2) is 17.5 Å². The molecule has 2 N–H and O–H groups in total. The molecule has 2 aromatic rings. The van der Waals surface area contributed by atoms with Gasteiger partial charge < -0.3 is 15.2 Å². The number of rotatable bonds is 4. The third kappa shape index (κ3) is 2.71. The highest BCUT2D eigenvalue weighted by Gasteiger charge is 2.03. The number of aryl methyl sites for hydroxylation is 1. The van der Waals surface area contributed by atoms with Crippen LogP contribution in [0.1, 0.15) is 16.1 Å². The van der Waals surface area contributed by atoms with Gasteiger partial charge in [0, 0.05) is 37.2 Å². The van der Waals surface area contributed by atoms with Crippen molar-refractivity contribution in [1.29, 1.82) is 0 Å². The van der Waals surface area contributed by atoms with Gasteiger partial charge in [-0.05, 0) is 30.3 Å². The molecule has 0 spiro atoms. The second-order valence-corrected chi connectivity index (χ2v) is 4.12. The van der Waals surface area contributed by atoms with Gasteiger partial charge in [0.1, 0.15) is 0 Å². The number of carbonyl (C=O) groups excluding carboxylic acids is 1. The summed E-state index contributed by atoms with van der Waals surface area (Å²) in [5.41, 5.74) is 2.80. The molecule has 0 saturated heterocycles. The van der Waals surface area contributed by atoms with E-state index in [1.165, 1.54) is 5.69 Å². The Morgan fingerprint density at radius 3 is 2.78 bits per heavy atom. The maximum absolute atomic E-state index is 11.5. The van der Waals surface area contributed by atoms with Gasteiger partial charge in [-0.2, -0.15) is 0 Å². The SMILES string of the molecule is CNC(=O)c1cccc(NCc2cccn2C)c1. The summed E-state index contributed by atoms with van der Waals surface area (Å²) in [5, 5.41) is 5.92. The predicted molar refractivity (Wildman–Crippen MR) is 72.6 cm³/mol. The Morgan fingerprint density at radius 1 is 1.28 bits per heavy atom. The van der Waals surface area contributed by atoms with E-state index in [1.54, 1.807) is 13.1 Å². The van der Waals surface area contributed by atoms with E-state index in [4.69, 9.17) is 0 Å². The minimum absolute atomic E-state index is 0.0717. The minimum Gasteiger partial charge on any atom is -0.379 e. The van der Waals surface area contributed by atoms with Crippen molar-refractivity contribution in [3.63, 3.8) is 0 Å². The summed E-state index contributed by atoms with van der Waals surface area (Å²) >= 11 is 0. The summed E-state index contributed by atoms with van der Waals surface area (Å²) < 4.78 is 2.07. The molecule has 1 amide bonds. The highest BCUT2D eigenvalue weighted by molar-refractivity contribution is 5.94. The third-order valence-electron chi connectivity index (χ3n) is 2.88. The zero-order valence-corrected chi connectivity index (χ0v) is 10.6. The van der Waals surface area contributed by atoms with E-state index in [9.17, 15) is 4.79 Å². The van der Waals surface area contributed by atoms with Gasteiger partial charge in [0.05, 0.1) is 6.54 Å². The van der Waals surface area contributed by atoms with Gasteiger partial charge in [0.2, 0.25) is 0 Å². The second kappa shape index (κ2) is 5.40. The summed E-state index contributed by atoms with van der Waals surface area (Å²) in [4.78, 5) is 11.5. The molecule has 0 saturated carbocycles. The molecule has 2 rings (SSSR count). The number of aromatic nitrogens is 1. The van der Waals surface area contributed by atoms with Gasteiger partial charge in [-0.3, -0.25) is 4.79 Å². The van der Waals surface area contributed by atoms with Crippen molar-refractivity contribution in [2.45, 2.75) is 6.54 Å². The van der Waals surface area contributed by atoms with Gasteiger partial charge in [-0.15, -0.1) is 0 Å². The third-order valence-corrected chi connectivity index (χ3v) is 2.88. The largest absolute Gasteiger partial charge is 0.379 e. The quantitative estimate of drug-likeness (QED) is 0.862. The first-order chi connectivity index (χ1) is 8.70. The Hall–Kier alpha value is -2.23. The van der Waals surface area contributed by atoms with E-state index in [1.807, 2.05) is 37.5 Å². The van der Waals surface area contributed by atoms with Crippen molar-refractivity contribution < 1.29 is 4.79 Å². The lowest BCUT2D eigenvalue weighted by molar-refractivity contribution is 0.0963. The molecule has 4 heteroatoms. The summed E-state index contributed by atoms with van der Waals surface area (Å²) in [7, 11) is 3.64. The van der Waals surface area contributed by atoms with Gasteiger partial charge in [0.15, 0.2) is 0 Å². The molecule has 0 aliphatic heterocycles. The number of hydrogen-bond donors (Lipinski definition) is 2.